The van der Waals surface area contributed by atoms with Crippen LogP contribution in [0.25, 0.3) is 0 Å². The second kappa shape index (κ2) is 69.1. The fourth-order valence-corrected chi connectivity index (χ4v) is 10.9. The molecule has 0 bridgehead atoms. The number of hydrogen-bond donors (Lipinski definition) is 0. The van der Waals surface area contributed by atoms with Crippen molar-refractivity contribution in [2.75, 3.05) is 13.2 Å². The van der Waals surface area contributed by atoms with Crippen LogP contribution in [0.4, 0.5) is 0 Å². The predicted molar refractivity (Wildman–Crippen MR) is 349 cm³/mol. The summed E-state index contributed by atoms with van der Waals surface area (Å²) in [6, 6.07) is 0. The number of esters is 3. The van der Waals surface area contributed by atoms with E-state index < -0.39 is 6.10 Å². The van der Waals surface area contributed by atoms with Gasteiger partial charge in [-0.05, 0) is 70.6 Å². The van der Waals surface area contributed by atoms with Crippen molar-refractivity contribution >= 4 is 17.9 Å². The quantitative estimate of drug-likeness (QED) is 0.0261. The molecule has 0 aromatic heterocycles. The maximum Gasteiger partial charge on any atom is 0.306 e. The molecule has 0 saturated carbocycles. The van der Waals surface area contributed by atoms with Gasteiger partial charge in [-0.25, -0.2) is 0 Å². The van der Waals surface area contributed by atoms with Crippen molar-refractivity contribution in [2.45, 2.75) is 406 Å². The van der Waals surface area contributed by atoms with Gasteiger partial charge in [0.15, 0.2) is 6.10 Å². The van der Waals surface area contributed by atoms with Crippen LogP contribution in [0.5, 0.6) is 0 Å². The average Bonchev–Trinajstić information content (AvgIpc) is 3.46. The van der Waals surface area contributed by atoms with Gasteiger partial charge in [0.2, 0.25) is 0 Å². The summed E-state index contributed by atoms with van der Waals surface area (Å²) < 4.78 is 16.9. The van der Waals surface area contributed by atoms with E-state index in [-0.39, 0.29) is 31.1 Å². The third-order valence-corrected chi connectivity index (χ3v) is 16.4. The summed E-state index contributed by atoms with van der Waals surface area (Å²) in [5.74, 6) is -0.850. The van der Waals surface area contributed by atoms with E-state index >= 15 is 0 Å². The molecule has 0 aliphatic rings. The molecular formula is C74H138O6. The maximum atomic E-state index is 12.9. The minimum absolute atomic E-state index is 0.0682. The highest BCUT2D eigenvalue weighted by molar-refractivity contribution is 5.71. The Morgan fingerprint density at radius 2 is 0.463 bits per heavy atom. The van der Waals surface area contributed by atoms with E-state index in [4.69, 9.17) is 14.2 Å². The summed E-state index contributed by atoms with van der Waals surface area (Å²) in [6.45, 7) is 6.65. The van der Waals surface area contributed by atoms with Gasteiger partial charge in [-0.2, -0.15) is 0 Å². The minimum Gasteiger partial charge on any atom is -0.462 e. The summed E-state index contributed by atoms with van der Waals surface area (Å²) in [7, 11) is 0. The lowest BCUT2D eigenvalue weighted by atomic mass is 10.0. The first-order chi connectivity index (χ1) is 39.5. The van der Waals surface area contributed by atoms with Crippen LogP contribution >= 0.6 is 0 Å². The third kappa shape index (κ3) is 66.4. The highest BCUT2D eigenvalue weighted by atomic mass is 16.6. The molecule has 6 heteroatoms. The molecule has 0 rings (SSSR count). The highest BCUT2D eigenvalue weighted by Crippen LogP contribution is 2.19. The van der Waals surface area contributed by atoms with E-state index in [1.165, 1.54) is 289 Å². The van der Waals surface area contributed by atoms with Gasteiger partial charge in [0.1, 0.15) is 13.2 Å². The lowest BCUT2D eigenvalue weighted by Gasteiger charge is -2.18. The molecule has 0 aromatic rings. The SMILES string of the molecule is CCCC/C=C\CCCCCCCC(=O)OCC(COC(=O)CCCCCCCCCCCCCCCCCCCCCCCCC/C=C\C/C=C\CCCCCCC)OC(=O)CCCCCCCCCCCCCCCCCC. The van der Waals surface area contributed by atoms with Crippen LogP contribution < -0.4 is 0 Å². The van der Waals surface area contributed by atoms with Crippen molar-refractivity contribution in [3.8, 4) is 0 Å². The lowest BCUT2D eigenvalue weighted by Crippen LogP contribution is -2.30. The van der Waals surface area contributed by atoms with Crippen LogP contribution in [-0.4, -0.2) is 37.2 Å². The third-order valence-electron chi connectivity index (χ3n) is 16.4. The van der Waals surface area contributed by atoms with E-state index in [1.807, 2.05) is 0 Å². The van der Waals surface area contributed by atoms with Crippen LogP contribution in [0.3, 0.4) is 0 Å². The zero-order valence-corrected chi connectivity index (χ0v) is 54.1. The van der Waals surface area contributed by atoms with Gasteiger partial charge in [0.05, 0.1) is 0 Å². The number of rotatable bonds is 67. The van der Waals surface area contributed by atoms with Crippen LogP contribution in [0.1, 0.15) is 400 Å². The van der Waals surface area contributed by atoms with Crippen molar-refractivity contribution in [3.05, 3.63) is 36.5 Å². The van der Waals surface area contributed by atoms with E-state index in [0.717, 1.165) is 70.6 Å². The molecule has 0 spiro atoms. The Morgan fingerprint density at radius 1 is 0.250 bits per heavy atom. The van der Waals surface area contributed by atoms with Gasteiger partial charge in [-0.15, -0.1) is 0 Å². The van der Waals surface area contributed by atoms with Crippen molar-refractivity contribution in [1.29, 1.82) is 0 Å². The predicted octanol–water partition coefficient (Wildman–Crippen LogP) is 24.7. The maximum absolute atomic E-state index is 12.9. The molecule has 1 atom stereocenters. The number of allylic oxidation sites excluding steroid dienone is 6. The molecule has 0 heterocycles. The summed E-state index contributed by atoms with van der Waals surface area (Å²) in [5, 5.41) is 0. The topological polar surface area (TPSA) is 78.9 Å². The Morgan fingerprint density at radius 3 is 0.738 bits per heavy atom. The van der Waals surface area contributed by atoms with Crippen molar-refractivity contribution in [1.82, 2.24) is 0 Å². The first-order valence-corrected chi connectivity index (χ1v) is 36.0. The van der Waals surface area contributed by atoms with E-state index in [2.05, 4.69) is 57.2 Å². The second-order valence-electron chi connectivity index (χ2n) is 24.5. The van der Waals surface area contributed by atoms with E-state index in [0.29, 0.717) is 19.3 Å². The van der Waals surface area contributed by atoms with Gasteiger partial charge in [-0.3, -0.25) is 14.4 Å². The van der Waals surface area contributed by atoms with E-state index in [9.17, 15) is 14.4 Å². The second-order valence-corrected chi connectivity index (χ2v) is 24.5. The zero-order valence-electron chi connectivity index (χ0n) is 54.1. The van der Waals surface area contributed by atoms with Crippen LogP contribution in [0.15, 0.2) is 36.5 Å². The van der Waals surface area contributed by atoms with Gasteiger partial charge >= 0.3 is 17.9 Å². The van der Waals surface area contributed by atoms with Gasteiger partial charge in [0.25, 0.3) is 0 Å². The fourth-order valence-electron chi connectivity index (χ4n) is 10.9. The Kier molecular flexibility index (Phi) is 67.1. The molecular weight excluding hydrogens is 985 g/mol. The molecule has 0 aromatic carbocycles. The van der Waals surface area contributed by atoms with Crippen LogP contribution in [-0.2, 0) is 28.6 Å². The number of unbranched alkanes of at least 4 members (excludes halogenated alkanes) is 50. The molecule has 0 saturated heterocycles. The fraction of sp³-hybridized carbons (Fsp3) is 0.878. The van der Waals surface area contributed by atoms with Gasteiger partial charge < -0.3 is 14.2 Å². The van der Waals surface area contributed by atoms with Gasteiger partial charge in [-0.1, -0.05) is 346 Å². The average molecular weight is 1120 g/mol. The summed E-state index contributed by atoms with van der Waals surface area (Å²) >= 11 is 0. The van der Waals surface area contributed by atoms with Crippen molar-refractivity contribution in [3.63, 3.8) is 0 Å². The van der Waals surface area contributed by atoms with Crippen LogP contribution in [0, 0.1) is 0 Å². The Balaban J connectivity index is 4.01. The zero-order chi connectivity index (χ0) is 57.8. The standard InChI is InChI=1S/C74H138O6/c1-4-7-10-13-16-19-22-24-26-28-29-30-31-32-33-34-35-36-37-38-39-40-41-42-43-44-45-46-48-49-52-55-58-61-64-67-73(76)79-70-71(69-78-72(75)66-63-60-57-54-51-21-18-15-12-9-6-3)80-74(77)68-65-62-59-56-53-50-47-27-25-23-20-17-14-11-8-5-2/h15,18,22,24,28-29,71H,4-14,16-17,19-21,23,25-27,30-70H2,1-3H3/b18-15-,24-22-,29-28-. The van der Waals surface area contributed by atoms with Crippen molar-refractivity contribution in [2.24, 2.45) is 0 Å². The Bertz CT molecular complexity index is 1340. The monoisotopic (exact) mass is 1120 g/mol. The molecule has 0 N–H and O–H groups in total. The summed E-state index contributed by atoms with van der Waals surface area (Å²) in [4.78, 5) is 38.3. The molecule has 470 valence electrons. The molecule has 0 amide bonds. The summed E-state index contributed by atoms with van der Waals surface area (Å²) in [6.07, 6.45) is 86.3. The normalized spacial score (nSPS) is 12.2. The molecule has 80 heavy (non-hydrogen) atoms. The lowest BCUT2D eigenvalue weighted by molar-refractivity contribution is -0.167. The highest BCUT2D eigenvalue weighted by Gasteiger charge is 2.19. The number of hydrogen-bond acceptors (Lipinski definition) is 6. The first kappa shape index (κ1) is 77.6. The molecule has 0 aliphatic heterocycles. The smallest absolute Gasteiger partial charge is 0.306 e. The number of carbonyl (C=O) groups is 3. The Labute approximate surface area is 499 Å². The molecule has 0 radical (unpaired) electrons. The van der Waals surface area contributed by atoms with Crippen LogP contribution in [0.2, 0.25) is 0 Å². The molecule has 1 unspecified atom stereocenters. The molecule has 0 aliphatic carbocycles. The Hall–Kier alpha value is -2.37. The molecule has 6 nitrogen and oxygen atoms in total. The van der Waals surface area contributed by atoms with Gasteiger partial charge in [0, 0.05) is 19.3 Å². The minimum atomic E-state index is -0.771. The number of carbonyl (C=O) groups excluding carboxylic acids is 3. The first-order valence-electron chi connectivity index (χ1n) is 36.0. The van der Waals surface area contributed by atoms with E-state index in [1.54, 1.807) is 0 Å². The largest absolute Gasteiger partial charge is 0.462 e. The van der Waals surface area contributed by atoms with Crippen molar-refractivity contribution < 1.29 is 28.6 Å². The number of ether oxygens (including phenoxy) is 3. The molecule has 0 fully saturated rings. The summed E-state index contributed by atoms with van der Waals surface area (Å²) in [5.41, 5.74) is 0.